The van der Waals surface area contributed by atoms with Gasteiger partial charge in [-0.25, -0.2) is 9.48 Å². The average molecular weight is 347 g/mol. The van der Waals surface area contributed by atoms with Gasteiger partial charge in [0.2, 0.25) is 5.43 Å². The minimum atomic E-state index is -1.18. The number of aromatic amines is 1. The van der Waals surface area contributed by atoms with Crippen molar-refractivity contribution in [2.24, 2.45) is 0 Å². The Balaban J connectivity index is 1.76. The maximum Gasteiger partial charge on any atom is 0.356 e. The molecule has 0 amide bonds. The summed E-state index contributed by atoms with van der Waals surface area (Å²) in [6.45, 7) is 0. The second-order valence-corrected chi connectivity index (χ2v) is 5.54. The second-order valence-electron chi connectivity index (χ2n) is 5.54. The fourth-order valence-electron chi connectivity index (χ4n) is 2.67. The lowest BCUT2D eigenvalue weighted by Gasteiger charge is -2.08. The summed E-state index contributed by atoms with van der Waals surface area (Å²) in [4.78, 5) is 26.4. The molecule has 0 atom stereocenters. The van der Waals surface area contributed by atoms with Gasteiger partial charge in [0.1, 0.15) is 17.0 Å². The first-order chi connectivity index (χ1) is 12.6. The molecular formula is C19H13N3O4. The molecule has 0 spiro atoms. The summed E-state index contributed by atoms with van der Waals surface area (Å²) in [6.07, 6.45) is 1.40. The smallest absolute Gasteiger partial charge is 0.356 e. The maximum atomic E-state index is 11.9. The Morgan fingerprint density at radius 2 is 1.69 bits per heavy atom. The highest BCUT2D eigenvalue weighted by Gasteiger charge is 2.20. The Kier molecular flexibility index (Phi) is 3.74. The zero-order valence-corrected chi connectivity index (χ0v) is 13.4. The Morgan fingerprint density at radius 3 is 2.38 bits per heavy atom. The van der Waals surface area contributed by atoms with E-state index in [1.165, 1.54) is 16.9 Å². The SMILES string of the molecule is O=C(O)c1c2[nH]ccc(=O)c2nn1-c1ccc(Oc2ccccc2)cc1. The van der Waals surface area contributed by atoms with Gasteiger partial charge < -0.3 is 14.8 Å². The van der Waals surface area contributed by atoms with Crippen LogP contribution in [-0.2, 0) is 0 Å². The van der Waals surface area contributed by atoms with Gasteiger partial charge in [-0.2, -0.15) is 5.10 Å². The Bertz CT molecular complexity index is 1150. The quantitative estimate of drug-likeness (QED) is 0.591. The Hall–Kier alpha value is -3.87. The summed E-state index contributed by atoms with van der Waals surface area (Å²) in [5, 5.41) is 13.7. The van der Waals surface area contributed by atoms with Crippen molar-refractivity contribution in [3.63, 3.8) is 0 Å². The number of para-hydroxylation sites is 1. The van der Waals surface area contributed by atoms with Crippen LogP contribution >= 0.6 is 0 Å². The molecule has 0 fully saturated rings. The van der Waals surface area contributed by atoms with Gasteiger partial charge in [-0.05, 0) is 36.4 Å². The number of ether oxygens (including phenoxy) is 1. The first-order valence-electron chi connectivity index (χ1n) is 7.80. The van der Waals surface area contributed by atoms with E-state index in [9.17, 15) is 14.7 Å². The van der Waals surface area contributed by atoms with Crippen molar-refractivity contribution in [1.29, 1.82) is 0 Å². The van der Waals surface area contributed by atoms with Crippen LogP contribution in [0.4, 0.5) is 0 Å². The number of pyridine rings is 1. The van der Waals surface area contributed by atoms with Gasteiger partial charge in [0.25, 0.3) is 0 Å². The van der Waals surface area contributed by atoms with Crippen LogP contribution in [0.5, 0.6) is 11.5 Å². The Morgan fingerprint density at radius 1 is 1.00 bits per heavy atom. The van der Waals surface area contributed by atoms with Crippen molar-refractivity contribution < 1.29 is 14.6 Å². The highest BCUT2D eigenvalue weighted by molar-refractivity contribution is 5.99. The first-order valence-corrected chi connectivity index (χ1v) is 7.80. The molecule has 0 radical (unpaired) electrons. The molecule has 0 saturated carbocycles. The maximum absolute atomic E-state index is 11.9. The predicted octanol–water partition coefficient (Wildman–Crippen LogP) is 3.20. The van der Waals surface area contributed by atoms with Gasteiger partial charge in [0.05, 0.1) is 5.69 Å². The number of aromatic carboxylic acids is 1. The van der Waals surface area contributed by atoms with Crippen LogP contribution in [0.2, 0.25) is 0 Å². The number of carbonyl (C=O) groups is 1. The molecule has 7 heteroatoms. The van der Waals surface area contributed by atoms with Crippen LogP contribution in [0, 0.1) is 0 Å². The zero-order valence-electron chi connectivity index (χ0n) is 13.4. The molecule has 26 heavy (non-hydrogen) atoms. The number of carboxylic acid groups (broad SMARTS) is 1. The summed E-state index contributed by atoms with van der Waals surface area (Å²) in [5.41, 5.74) is 0.328. The molecule has 0 saturated heterocycles. The zero-order chi connectivity index (χ0) is 18.1. The lowest BCUT2D eigenvalue weighted by molar-refractivity contribution is 0.0689. The van der Waals surface area contributed by atoms with Crippen molar-refractivity contribution in [1.82, 2.24) is 14.8 Å². The molecule has 128 valence electrons. The minimum absolute atomic E-state index is 0.0783. The van der Waals surface area contributed by atoms with Crippen LogP contribution in [0.1, 0.15) is 10.5 Å². The largest absolute Gasteiger partial charge is 0.476 e. The second kappa shape index (κ2) is 6.21. The summed E-state index contributed by atoms with van der Waals surface area (Å²) < 4.78 is 6.96. The number of aromatic nitrogens is 3. The number of rotatable bonds is 4. The standard InChI is InChI=1S/C19H13N3O4/c23-15-10-11-20-17-16(15)21-22(18(17)19(24)25)12-6-8-14(9-7-12)26-13-4-2-1-3-5-13/h1-11,20H,(H,24,25). The molecule has 4 rings (SSSR count). The molecule has 4 aromatic rings. The Labute approximate surface area is 147 Å². The predicted molar refractivity (Wildman–Crippen MR) is 95.2 cm³/mol. The summed E-state index contributed by atoms with van der Waals surface area (Å²) in [6, 6.07) is 17.4. The van der Waals surface area contributed by atoms with E-state index in [1.807, 2.05) is 30.3 Å². The average Bonchev–Trinajstić information content (AvgIpc) is 3.04. The van der Waals surface area contributed by atoms with E-state index >= 15 is 0 Å². The van der Waals surface area contributed by atoms with Crippen molar-refractivity contribution >= 4 is 17.0 Å². The summed E-state index contributed by atoms with van der Waals surface area (Å²) in [7, 11) is 0. The van der Waals surface area contributed by atoms with E-state index in [0.29, 0.717) is 17.2 Å². The molecule has 2 N–H and O–H groups in total. The molecule has 7 nitrogen and oxygen atoms in total. The molecule has 0 bridgehead atoms. The van der Waals surface area contributed by atoms with E-state index in [-0.39, 0.29) is 22.2 Å². The number of H-pyrrole nitrogens is 1. The highest BCUT2D eigenvalue weighted by Crippen LogP contribution is 2.24. The normalized spacial score (nSPS) is 10.8. The minimum Gasteiger partial charge on any atom is -0.476 e. The third-order valence-corrected chi connectivity index (χ3v) is 3.84. The molecule has 0 aliphatic carbocycles. The lowest BCUT2D eigenvalue weighted by Crippen LogP contribution is -2.08. The van der Waals surface area contributed by atoms with E-state index < -0.39 is 5.97 Å². The van der Waals surface area contributed by atoms with Crippen LogP contribution < -0.4 is 10.2 Å². The van der Waals surface area contributed by atoms with Crippen LogP contribution in [-0.4, -0.2) is 25.8 Å². The number of nitrogens with zero attached hydrogens (tertiary/aromatic N) is 2. The monoisotopic (exact) mass is 347 g/mol. The van der Waals surface area contributed by atoms with Crippen molar-refractivity contribution in [3.05, 3.63) is 82.8 Å². The molecule has 2 heterocycles. The van der Waals surface area contributed by atoms with Gasteiger partial charge in [-0.3, -0.25) is 4.79 Å². The van der Waals surface area contributed by atoms with E-state index in [4.69, 9.17) is 4.74 Å². The third-order valence-electron chi connectivity index (χ3n) is 3.84. The fourth-order valence-corrected chi connectivity index (χ4v) is 2.67. The van der Waals surface area contributed by atoms with Crippen LogP contribution in [0.25, 0.3) is 16.7 Å². The molecular weight excluding hydrogens is 334 g/mol. The van der Waals surface area contributed by atoms with E-state index in [1.54, 1.807) is 24.3 Å². The number of benzene rings is 2. The number of fused-ring (bicyclic) bond motifs is 1. The van der Waals surface area contributed by atoms with Gasteiger partial charge in [0.15, 0.2) is 11.2 Å². The molecule has 0 unspecified atom stereocenters. The third kappa shape index (κ3) is 2.71. The molecule has 0 aliphatic rings. The van der Waals surface area contributed by atoms with Gasteiger partial charge >= 0.3 is 5.97 Å². The topological polar surface area (TPSA) is 97.2 Å². The summed E-state index contributed by atoms with van der Waals surface area (Å²) >= 11 is 0. The van der Waals surface area contributed by atoms with Crippen molar-refractivity contribution in [3.8, 4) is 17.2 Å². The summed E-state index contributed by atoms with van der Waals surface area (Å²) in [5.74, 6) is 0.116. The molecule has 2 aromatic carbocycles. The lowest BCUT2D eigenvalue weighted by atomic mass is 10.2. The number of hydrogen-bond acceptors (Lipinski definition) is 4. The number of nitrogens with one attached hydrogen (secondary N) is 1. The highest BCUT2D eigenvalue weighted by atomic mass is 16.5. The van der Waals surface area contributed by atoms with Gasteiger partial charge in [-0.15, -0.1) is 0 Å². The van der Waals surface area contributed by atoms with Gasteiger partial charge in [0, 0.05) is 12.3 Å². The number of carboxylic acids is 1. The fraction of sp³-hybridized carbons (Fsp3) is 0. The molecule has 0 aliphatic heterocycles. The van der Waals surface area contributed by atoms with E-state index in [0.717, 1.165) is 0 Å². The van der Waals surface area contributed by atoms with Crippen LogP contribution in [0.15, 0.2) is 71.7 Å². The van der Waals surface area contributed by atoms with Crippen LogP contribution in [0.3, 0.4) is 0 Å². The van der Waals surface area contributed by atoms with Crippen molar-refractivity contribution in [2.75, 3.05) is 0 Å². The number of hydrogen-bond donors (Lipinski definition) is 2. The van der Waals surface area contributed by atoms with Crippen molar-refractivity contribution in [2.45, 2.75) is 0 Å². The van der Waals surface area contributed by atoms with Gasteiger partial charge in [-0.1, -0.05) is 18.2 Å². The molecule has 2 aromatic heterocycles. The first kappa shape index (κ1) is 15.6. The van der Waals surface area contributed by atoms with E-state index in [2.05, 4.69) is 10.1 Å².